The van der Waals surface area contributed by atoms with Gasteiger partial charge in [-0.05, 0) is 61.0 Å². The van der Waals surface area contributed by atoms with Gasteiger partial charge < -0.3 is 15.8 Å². The summed E-state index contributed by atoms with van der Waals surface area (Å²) in [6.07, 6.45) is -1.98. The molecular weight excluding hydrogens is 395 g/mol. The Morgan fingerprint density at radius 2 is 1.80 bits per heavy atom. The van der Waals surface area contributed by atoms with Gasteiger partial charge in [0, 0.05) is 16.8 Å². The van der Waals surface area contributed by atoms with Crippen molar-refractivity contribution in [3.63, 3.8) is 0 Å². The molecule has 4 rings (SSSR count). The number of hydrogen-bond donors (Lipinski definition) is 2. The van der Waals surface area contributed by atoms with E-state index in [9.17, 15) is 13.2 Å². The van der Waals surface area contributed by atoms with Crippen molar-refractivity contribution in [2.24, 2.45) is 0 Å². The van der Waals surface area contributed by atoms with E-state index in [1.807, 2.05) is 19.1 Å². The Labute approximate surface area is 169 Å². The number of aryl methyl sites for hydroxylation is 1. The highest BCUT2D eigenvalue weighted by Crippen LogP contribution is 2.32. The first kappa shape index (κ1) is 19.4. The first-order chi connectivity index (χ1) is 14.3. The smallest absolute Gasteiger partial charge is 0.433 e. The number of benzene rings is 2. The van der Waals surface area contributed by atoms with E-state index in [0.29, 0.717) is 17.3 Å². The molecule has 2 aromatic heterocycles. The number of nitrogen functional groups attached to an aromatic ring is 1. The predicted molar refractivity (Wildman–Crippen MR) is 108 cm³/mol. The summed E-state index contributed by atoms with van der Waals surface area (Å²) in [5, 5.41) is 4.01. The average molecular weight is 411 g/mol. The second-order valence-corrected chi connectivity index (χ2v) is 6.58. The van der Waals surface area contributed by atoms with Crippen LogP contribution in [0.3, 0.4) is 0 Å². The molecule has 0 atom stereocenters. The van der Waals surface area contributed by atoms with Gasteiger partial charge in [-0.1, -0.05) is 0 Å². The van der Waals surface area contributed by atoms with Crippen molar-refractivity contribution in [2.45, 2.75) is 13.1 Å². The number of ether oxygens (including phenoxy) is 1. The van der Waals surface area contributed by atoms with Gasteiger partial charge >= 0.3 is 6.18 Å². The quantitative estimate of drug-likeness (QED) is 0.433. The standard InChI is InChI=1S/C21H16F3N5O/c1-12-8-14(29-20-16-9-13(25)2-5-17(16)27-11-28-20)3-6-18(12)30-15-4-7-19(26-10-15)21(22,23)24/h2-11H,25H2,1H3,(H,27,28,29). The summed E-state index contributed by atoms with van der Waals surface area (Å²) in [5.74, 6) is 1.32. The molecule has 0 aliphatic heterocycles. The molecule has 3 N–H and O–H groups in total. The van der Waals surface area contributed by atoms with Crippen molar-refractivity contribution in [2.75, 3.05) is 11.1 Å². The molecule has 2 aromatic carbocycles. The summed E-state index contributed by atoms with van der Waals surface area (Å²) in [6, 6.07) is 12.8. The topological polar surface area (TPSA) is 86.0 Å². The summed E-state index contributed by atoms with van der Waals surface area (Å²) in [7, 11) is 0. The van der Waals surface area contributed by atoms with Crippen LogP contribution in [-0.4, -0.2) is 15.0 Å². The minimum atomic E-state index is -4.49. The van der Waals surface area contributed by atoms with Crippen LogP contribution in [0.1, 0.15) is 11.3 Å². The van der Waals surface area contributed by atoms with Gasteiger partial charge in [-0.2, -0.15) is 13.2 Å². The number of alkyl halides is 3. The molecule has 6 nitrogen and oxygen atoms in total. The molecule has 0 radical (unpaired) electrons. The van der Waals surface area contributed by atoms with Crippen molar-refractivity contribution in [1.82, 2.24) is 15.0 Å². The van der Waals surface area contributed by atoms with Gasteiger partial charge in [0.25, 0.3) is 0 Å². The molecule has 0 aliphatic carbocycles. The number of halogens is 3. The summed E-state index contributed by atoms with van der Waals surface area (Å²) in [4.78, 5) is 11.9. The minimum absolute atomic E-state index is 0.212. The maximum Gasteiger partial charge on any atom is 0.433 e. The molecule has 152 valence electrons. The van der Waals surface area contributed by atoms with Gasteiger partial charge in [-0.3, -0.25) is 0 Å². The normalized spacial score (nSPS) is 11.5. The maximum absolute atomic E-state index is 12.6. The fourth-order valence-electron chi connectivity index (χ4n) is 2.89. The van der Waals surface area contributed by atoms with Crippen LogP contribution in [0.15, 0.2) is 61.1 Å². The molecule has 0 amide bonds. The van der Waals surface area contributed by atoms with Crippen LogP contribution in [0.25, 0.3) is 10.9 Å². The first-order valence-corrected chi connectivity index (χ1v) is 8.88. The molecule has 0 spiro atoms. The average Bonchev–Trinajstić information content (AvgIpc) is 2.70. The molecule has 9 heteroatoms. The molecule has 2 heterocycles. The zero-order valence-corrected chi connectivity index (χ0v) is 15.7. The van der Waals surface area contributed by atoms with Gasteiger partial charge in [0.05, 0.1) is 11.7 Å². The van der Waals surface area contributed by atoms with E-state index in [1.165, 1.54) is 12.4 Å². The van der Waals surface area contributed by atoms with E-state index in [2.05, 4.69) is 20.3 Å². The largest absolute Gasteiger partial charge is 0.455 e. The van der Waals surface area contributed by atoms with E-state index in [1.54, 1.807) is 24.3 Å². The van der Waals surface area contributed by atoms with Crippen LogP contribution in [0, 0.1) is 6.92 Å². The van der Waals surface area contributed by atoms with Gasteiger partial charge in [-0.25, -0.2) is 15.0 Å². The Bertz CT molecular complexity index is 1210. The van der Waals surface area contributed by atoms with Gasteiger partial charge in [0.2, 0.25) is 0 Å². The predicted octanol–water partition coefficient (Wildman–Crippen LogP) is 5.47. The fraction of sp³-hybridized carbons (Fsp3) is 0.0952. The lowest BCUT2D eigenvalue weighted by molar-refractivity contribution is -0.141. The van der Waals surface area contributed by atoms with Crippen LogP contribution in [0.4, 0.5) is 30.4 Å². The van der Waals surface area contributed by atoms with Crippen molar-refractivity contribution in [3.8, 4) is 11.5 Å². The zero-order valence-electron chi connectivity index (χ0n) is 15.7. The molecule has 0 aliphatic rings. The summed E-state index contributed by atoms with van der Waals surface area (Å²) in [5.41, 5.74) is 7.79. The Hall–Kier alpha value is -3.88. The first-order valence-electron chi connectivity index (χ1n) is 8.88. The highest BCUT2D eigenvalue weighted by Gasteiger charge is 2.32. The number of anilines is 3. The van der Waals surface area contributed by atoms with Crippen LogP contribution < -0.4 is 15.8 Å². The number of nitrogens with one attached hydrogen (secondary N) is 1. The Morgan fingerprint density at radius 3 is 2.50 bits per heavy atom. The van der Waals surface area contributed by atoms with Crippen LogP contribution in [0.2, 0.25) is 0 Å². The number of hydrogen-bond acceptors (Lipinski definition) is 6. The summed E-state index contributed by atoms with van der Waals surface area (Å²) in [6.45, 7) is 1.83. The third-order valence-electron chi connectivity index (χ3n) is 4.35. The third-order valence-corrected chi connectivity index (χ3v) is 4.35. The third kappa shape index (κ3) is 4.09. The lowest BCUT2D eigenvalue weighted by Gasteiger charge is -2.13. The molecule has 30 heavy (non-hydrogen) atoms. The number of pyridine rings is 1. The van der Waals surface area contributed by atoms with Crippen LogP contribution in [0.5, 0.6) is 11.5 Å². The van der Waals surface area contributed by atoms with Crippen LogP contribution >= 0.6 is 0 Å². The molecule has 0 fully saturated rings. The SMILES string of the molecule is Cc1cc(Nc2ncnc3ccc(N)cc23)ccc1Oc1ccc(C(F)(F)F)nc1. The number of nitrogens with zero attached hydrogens (tertiary/aromatic N) is 3. The molecule has 0 unspecified atom stereocenters. The van der Waals surface area contributed by atoms with Gasteiger partial charge in [0.1, 0.15) is 29.3 Å². The highest BCUT2D eigenvalue weighted by atomic mass is 19.4. The molecule has 0 saturated carbocycles. The second kappa shape index (κ2) is 7.51. The number of nitrogens with two attached hydrogens (primary N) is 1. The number of aromatic nitrogens is 3. The van der Waals surface area contributed by atoms with E-state index in [0.717, 1.165) is 34.4 Å². The van der Waals surface area contributed by atoms with Crippen molar-refractivity contribution < 1.29 is 17.9 Å². The number of fused-ring (bicyclic) bond motifs is 1. The molecular formula is C21H16F3N5O. The fourth-order valence-corrected chi connectivity index (χ4v) is 2.89. The summed E-state index contributed by atoms with van der Waals surface area (Å²) < 4.78 is 43.6. The highest BCUT2D eigenvalue weighted by molar-refractivity contribution is 5.92. The van der Waals surface area contributed by atoms with E-state index < -0.39 is 11.9 Å². The van der Waals surface area contributed by atoms with Crippen molar-refractivity contribution >= 4 is 28.1 Å². The Kier molecular flexibility index (Phi) is 4.86. The lowest BCUT2D eigenvalue weighted by Crippen LogP contribution is -2.07. The van der Waals surface area contributed by atoms with Crippen molar-refractivity contribution in [1.29, 1.82) is 0 Å². The maximum atomic E-state index is 12.6. The lowest BCUT2D eigenvalue weighted by atomic mass is 10.2. The Morgan fingerprint density at radius 1 is 0.967 bits per heavy atom. The number of rotatable bonds is 4. The molecule has 0 saturated heterocycles. The summed E-state index contributed by atoms with van der Waals surface area (Å²) >= 11 is 0. The van der Waals surface area contributed by atoms with Crippen LogP contribution in [-0.2, 0) is 6.18 Å². The van der Waals surface area contributed by atoms with Gasteiger partial charge in [0.15, 0.2) is 0 Å². The monoisotopic (exact) mass is 411 g/mol. The van der Waals surface area contributed by atoms with E-state index >= 15 is 0 Å². The second-order valence-electron chi connectivity index (χ2n) is 6.58. The molecule has 4 aromatic rings. The van der Waals surface area contributed by atoms with Crippen molar-refractivity contribution in [3.05, 3.63) is 72.3 Å². The van der Waals surface area contributed by atoms with E-state index in [-0.39, 0.29) is 5.75 Å². The minimum Gasteiger partial charge on any atom is -0.455 e. The van der Waals surface area contributed by atoms with Gasteiger partial charge in [-0.15, -0.1) is 0 Å². The van der Waals surface area contributed by atoms with E-state index in [4.69, 9.17) is 10.5 Å². The molecule has 0 bridgehead atoms. The Balaban J connectivity index is 1.55. The zero-order chi connectivity index (χ0) is 21.3.